The number of nitrogens with zero attached hydrogens (tertiary/aromatic N) is 4. The molecule has 3 N–H and O–H groups in total. The van der Waals surface area contributed by atoms with E-state index in [1.807, 2.05) is 13.8 Å². The van der Waals surface area contributed by atoms with Crippen LogP contribution >= 0.6 is 23.2 Å². The highest BCUT2D eigenvalue weighted by atomic mass is 35.5. The van der Waals surface area contributed by atoms with E-state index in [4.69, 9.17) is 28.2 Å². The minimum absolute atomic E-state index is 0.00478. The topological polar surface area (TPSA) is 93.9 Å². The lowest BCUT2D eigenvalue weighted by Gasteiger charge is -2.22. The normalized spacial score (nSPS) is 12.7. The molecule has 8 nitrogen and oxygen atoms in total. The number of nitrogens with one attached hydrogen (secondary N) is 1. The highest BCUT2D eigenvalue weighted by Crippen LogP contribution is 2.35. The molecule has 0 spiro atoms. The number of rotatable bonds is 13. The molecule has 0 bridgehead atoms. The van der Waals surface area contributed by atoms with Gasteiger partial charge in [-0.05, 0) is 71.8 Å². The number of phenols is 2. The Bertz CT molecular complexity index is 1630. The number of hydrogen-bond acceptors (Lipinski definition) is 6. The third kappa shape index (κ3) is 6.87. The average Bonchev–Trinajstić information content (AvgIpc) is 3.56. The van der Waals surface area contributed by atoms with Crippen molar-refractivity contribution in [3.8, 4) is 11.5 Å². The van der Waals surface area contributed by atoms with Crippen molar-refractivity contribution >= 4 is 51.5 Å². The van der Waals surface area contributed by atoms with Crippen LogP contribution in [0.15, 0.2) is 48.5 Å². The number of alkyl halides is 2. The minimum atomic E-state index is -0.240. The smallest absolute Gasteiger partial charge is 0.258 e. The second-order valence-electron chi connectivity index (χ2n) is 11.7. The summed E-state index contributed by atoms with van der Waals surface area (Å²) in [5.74, 6) is 1.76. The first-order valence-electron chi connectivity index (χ1n) is 15.2. The van der Waals surface area contributed by atoms with Crippen molar-refractivity contribution < 1.29 is 15.0 Å². The predicted molar refractivity (Wildman–Crippen MR) is 180 cm³/mol. The second-order valence-corrected chi connectivity index (χ2v) is 12.5. The fraction of sp³-hybridized carbons (Fsp3) is 0.412. The van der Waals surface area contributed by atoms with Crippen LogP contribution in [0.4, 0.5) is 11.4 Å². The second kappa shape index (κ2) is 14.0. The Balaban J connectivity index is 1.14. The number of halogens is 2. The van der Waals surface area contributed by atoms with E-state index in [9.17, 15) is 15.0 Å². The van der Waals surface area contributed by atoms with Gasteiger partial charge in [0.15, 0.2) is 0 Å². The maximum Gasteiger partial charge on any atom is 0.258 e. The zero-order chi connectivity index (χ0) is 31.4. The first kappa shape index (κ1) is 31.8. The van der Waals surface area contributed by atoms with Crippen LogP contribution in [0.5, 0.6) is 11.5 Å². The van der Waals surface area contributed by atoms with Crippen molar-refractivity contribution in [2.75, 3.05) is 41.6 Å². The lowest BCUT2D eigenvalue weighted by atomic mass is 9.98. The Morgan fingerprint density at radius 1 is 0.977 bits per heavy atom. The van der Waals surface area contributed by atoms with E-state index in [2.05, 4.69) is 58.2 Å². The van der Waals surface area contributed by atoms with E-state index < -0.39 is 0 Å². The summed E-state index contributed by atoms with van der Waals surface area (Å²) in [6.07, 6.45) is 2.89. The number of aryl methyl sites for hydroxylation is 2. The van der Waals surface area contributed by atoms with Crippen molar-refractivity contribution in [1.29, 1.82) is 0 Å². The number of aromatic hydroxyl groups is 2. The molecule has 3 aromatic carbocycles. The molecule has 0 aliphatic carbocycles. The van der Waals surface area contributed by atoms with Gasteiger partial charge >= 0.3 is 0 Å². The highest BCUT2D eigenvalue weighted by molar-refractivity contribution is 6.18. The largest absolute Gasteiger partial charge is 0.508 e. The molecule has 4 aromatic rings. The van der Waals surface area contributed by atoms with Crippen molar-refractivity contribution in [1.82, 2.24) is 14.5 Å². The van der Waals surface area contributed by atoms with Gasteiger partial charge < -0.3 is 29.9 Å². The van der Waals surface area contributed by atoms with Crippen LogP contribution in [0.2, 0.25) is 0 Å². The van der Waals surface area contributed by atoms with E-state index in [0.717, 1.165) is 78.3 Å². The maximum absolute atomic E-state index is 13.3. The quantitative estimate of drug-likeness (QED) is 0.108. The lowest BCUT2D eigenvalue weighted by Crippen LogP contribution is -2.27. The van der Waals surface area contributed by atoms with E-state index in [-0.39, 0.29) is 28.9 Å². The maximum atomic E-state index is 13.3. The fourth-order valence-corrected chi connectivity index (χ4v) is 6.33. The number of carbonyl (C=O) groups excluding carboxylic acids is 1. The van der Waals surface area contributed by atoms with Gasteiger partial charge in [-0.25, -0.2) is 4.98 Å². The Kier molecular flexibility index (Phi) is 10.1. The molecule has 44 heavy (non-hydrogen) atoms. The minimum Gasteiger partial charge on any atom is -0.508 e. The molecule has 2 heterocycles. The zero-order valence-corrected chi connectivity index (χ0v) is 27.1. The van der Waals surface area contributed by atoms with Gasteiger partial charge in [-0.2, -0.15) is 0 Å². The molecular formula is C34H41Cl2N5O3. The summed E-state index contributed by atoms with van der Waals surface area (Å²) in [5.41, 5.74) is 7.29. The first-order valence-corrected chi connectivity index (χ1v) is 16.3. The number of fused-ring (bicyclic) bond motifs is 2. The monoisotopic (exact) mass is 637 g/mol. The Morgan fingerprint density at radius 3 is 2.45 bits per heavy atom. The Labute approximate surface area is 269 Å². The molecule has 234 valence electrons. The van der Waals surface area contributed by atoms with Gasteiger partial charge in [0.1, 0.15) is 17.3 Å². The van der Waals surface area contributed by atoms with Crippen molar-refractivity contribution in [2.24, 2.45) is 7.05 Å². The number of unbranched alkanes of at least 4 members (excludes halogenated alkanes) is 1. The number of phenolic OH excluding ortho intramolecular Hbond substituents is 2. The van der Waals surface area contributed by atoms with Crippen LogP contribution in [-0.4, -0.2) is 62.0 Å². The summed E-state index contributed by atoms with van der Waals surface area (Å²) in [7, 11) is 2.07. The number of aromatic nitrogens is 2. The van der Waals surface area contributed by atoms with E-state index in [0.29, 0.717) is 30.4 Å². The number of hydrogen-bond donors (Lipinski definition) is 3. The van der Waals surface area contributed by atoms with Gasteiger partial charge in [-0.3, -0.25) is 4.79 Å². The van der Waals surface area contributed by atoms with Gasteiger partial charge in [0.05, 0.1) is 16.6 Å². The Morgan fingerprint density at radius 2 is 1.73 bits per heavy atom. The van der Waals surface area contributed by atoms with Gasteiger partial charge in [0, 0.05) is 75.4 Å². The van der Waals surface area contributed by atoms with E-state index in [1.54, 1.807) is 11.0 Å². The summed E-state index contributed by atoms with van der Waals surface area (Å²) < 4.78 is 2.18. The van der Waals surface area contributed by atoms with E-state index in [1.165, 1.54) is 6.07 Å². The van der Waals surface area contributed by atoms with Crippen molar-refractivity contribution in [3.63, 3.8) is 0 Å². The summed E-state index contributed by atoms with van der Waals surface area (Å²) >= 11 is 12.0. The zero-order valence-electron chi connectivity index (χ0n) is 25.6. The summed E-state index contributed by atoms with van der Waals surface area (Å²) in [4.78, 5) is 22.2. The van der Waals surface area contributed by atoms with Crippen LogP contribution in [-0.2, 0) is 26.6 Å². The molecule has 10 heteroatoms. The van der Waals surface area contributed by atoms with Gasteiger partial charge in [0.2, 0.25) is 0 Å². The lowest BCUT2D eigenvalue weighted by molar-refractivity contribution is 0.0748. The number of carbonyl (C=O) groups is 1. The molecule has 5 rings (SSSR count). The summed E-state index contributed by atoms with van der Waals surface area (Å²) in [6.45, 7) is 7.18. The predicted octanol–water partition coefficient (Wildman–Crippen LogP) is 6.98. The molecule has 0 atom stereocenters. The van der Waals surface area contributed by atoms with Crippen LogP contribution in [0.25, 0.3) is 11.0 Å². The third-order valence-corrected chi connectivity index (χ3v) is 8.74. The van der Waals surface area contributed by atoms with E-state index >= 15 is 0 Å². The molecule has 0 unspecified atom stereocenters. The standard InChI is InChI=1S/C34H41Cl2N5O3/c1-22(2)27-18-28(32(43)19-31(27)42)34(44)41-20-23-7-8-25(16-24(23)21-41)37-13-5-4-6-33-38-29-17-26(9-10-30(29)39(33)3)40(14-11-35)15-12-36/h7-10,16-19,22,37,42-43H,4-6,11-15,20-21H2,1-3H3. The number of benzene rings is 3. The number of amides is 1. The first-order chi connectivity index (χ1) is 21.2. The Hall–Kier alpha value is -3.62. The fourth-order valence-electron chi connectivity index (χ4n) is 5.92. The molecule has 1 amide bonds. The van der Waals surface area contributed by atoms with Crippen LogP contribution in [0.1, 0.15) is 65.5 Å². The molecule has 0 saturated heterocycles. The summed E-state index contributed by atoms with van der Waals surface area (Å²) in [6, 6.07) is 15.5. The SMILES string of the molecule is CC(C)c1cc(C(=O)N2Cc3ccc(NCCCCc4nc5cc(N(CCCl)CCCl)ccc5n4C)cc3C2)c(O)cc1O. The van der Waals surface area contributed by atoms with Crippen LogP contribution in [0, 0.1) is 0 Å². The number of imidazole rings is 1. The van der Waals surface area contributed by atoms with Gasteiger partial charge in [0.25, 0.3) is 5.91 Å². The van der Waals surface area contributed by atoms with Gasteiger partial charge in [-0.15, -0.1) is 23.2 Å². The summed E-state index contributed by atoms with van der Waals surface area (Å²) in [5, 5.41) is 24.1. The molecule has 0 saturated carbocycles. The number of anilines is 2. The highest BCUT2D eigenvalue weighted by Gasteiger charge is 2.27. The molecule has 0 radical (unpaired) electrons. The van der Waals surface area contributed by atoms with Crippen LogP contribution in [0.3, 0.4) is 0 Å². The molecule has 1 aliphatic rings. The third-order valence-electron chi connectivity index (χ3n) is 8.40. The molecule has 1 aliphatic heterocycles. The van der Waals surface area contributed by atoms with Crippen molar-refractivity contribution in [3.05, 3.63) is 76.6 Å². The van der Waals surface area contributed by atoms with Crippen LogP contribution < -0.4 is 10.2 Å². The van der Waals surface area contributed by atoms with Crippen molar-refractivity contribution in [2.45, 2.75) is 52.1 Å². The average molecular weight is 639 g/mol. The van der Waals surface area contributed by atoms with Gasteiger partial charge in [-0.1, -0.05) is 19.9 Å². The molecular weight excluding hydrogens is 597 g/mol. The molecule has 0 fully saturated rings. The molecule has 1 aromatic heterocycles.